The number of aromatic nitrogens is 1. The first-order valence-electron chi connectivity index (χ1n) is 10.2. The first-order chi connectivity index (χ1) is 15.8. The second-order valence-electron chi connectivity index (χ2n) is 7.81. The topological polar surface area (TPSA) is 115 Å². The fraction of sp³-hybridized carbons (Fsp3) is 0.250. The van der Waals surface area contributed by atoms with Gasteiger partial charge in [-0.1, -0.05) is 6.07 Å². The van der Waals surface area contributed by atoms with Crippen LogP contribution >= 0.6 is 0 Å². The Hall–Kier alpha value is -4.01. The van der Waals surface area contributed by atoms with Gasteiger partial charge in [0.1, 0.15) is 16.9 Å². The third-order valence-corrected chi connectivity index (χ3v) is 5.77. The Morgan fingerprint density at radius 2 is 1.88 bits per heavy atom. The number of ketones is 1. The molecule has 1 heterocycles. The average molecular weight is 452 g/mol. The van der Waals surface area contributed by atoms with E-state index in [1.165, 1.54) is 32.5 Å². The van der Waals surface area contributed by atoms with Crippen molar-refractivity contribution < 1.29 is 33.4 Å². The van der Waals surface area contributed by atoms with Gasteiger partial charge in [-0.2, -0.15) is 0 Å². The maximum atomic E-state index is 14.8. The highest BCUT2D eigenvalue weighted by Crippen LogP contribution is 2.47. The van der Waals surface area contributed by atoms with E-state index in [2.05, 4.69) is 10.3 Å². The number of carboxylic acids is 1. The summed E-state index contributed by atoms with van der Waals surface area (Å²) in [6.07, 6.45) is 1.94. The molecule has 1 aromatic heterocycles. The van der Waals surface area contributed by atoms with Crippen molar-refractivity contribution in [2.75, 3.05) is 14.2 Å². The summed E-state index contributed by atoms with van der Waals surface area (Å²) < 4.78 is 25.8. The molecule has 2 aromatic carbocycles. The van der Waals surface area contributed by atoms with Crippen molar-refractivity contribution in [2.45, 2.75) is 19.3 Å². The van der Waals surface area contributed by atoms with Crippen LogP contribution < -0.4 is 14.8 Å². The molecule has 1 amide bonds. The fourth-order valence-electron chi connectivity index (χ4n) is 3.67. The maximum Gasteiger partial charge on any atom is 0.317 e. The van der Waals surface area contributed by atoms with Gasteiger partial charge in [-0.15, -0.1) is 0 Å². The summed E-state index contributed by atoms with van der Waals surface area (Å²) in [5.41, 5.74) is -0.204. The van der Waals surface area contributed by atoms with Gasteiger partial charge in [-0.05, 0) is 42.7 Å². The molecule has 33 heavy (non-hydrogen) atoms. The van der Waals surface area contributed by atoms with Crippen molar-refractivity contribution in [3.8, 4) is 17.2 Å². The minimum Gasteiger partial charge on any atom is -0.496 e. The second-order valence-corrected chi connectivity index (χ2v) is 7.81. The molecule has 0 aliphatic heterocycles. The Morgan fingerprint density at radius 3 is 2.48 bits per heavy atom. The van der Waals surface area contributed by atoms with Gasteiger partial charge in [0.2, 0.25) is 0 Å². The van der Waals surface area contributed by atoms with E-state index in [1.807, 2.05) is 0 Å². The fourth-order valence-corrected chi connectivity index (χ4v) is 3.67. The van der Waals surface area contributed by atoms with Crippen LogP contribution in [-0.4, -0.2) is 41.9 Å². The highest BCUT2D eigenvalue weighted by atomic mass is 19.1. The van der Waals surface area contributed by atoms with E-state index >= 15 is 0 Å². The molecular weight excluding hydrogens is 431 g/mol. The van der Waals surface area contributed by atoms with Gasteiger partial charge in [0, 0.05) is 31.1 Å². The predicted octanol–water partition coefficient (Wildman–Crippen LogP) is 3.51. The zero-order chi connectivity index (χ0) is 23.8. The average Bonchev–Trinajstić information content (AvgIpc) is 3.62. The SMILES string of the molecule is CNC(=O)c1cc2c(Oc3ccc(CC(=O)C4(C(=O)O)CC4)cc3F)ccnc2cc1OC. The van der Waals surface area contributed by atoms with Gasteiger partial charge in [-0.3, -0.25) is 19.4 Å². The van der Waals surface area contributed by atoms with E-state index in [9.17, 15) is 23.9 Å². The highest BCUT2D eigenvalue weighted by Gasteiger charge is 2.56. The second kappa shape index (κ2) is 8.50. The normalized spacial score (nSPS) is 13.9. The lowest BCUT2D eigenvalue weighted by Gasteiger charge is -2.13. The van der Waals surface area contributed by atoms with Crippen molar-refractivity contribution >= 4 is 28.6 Å². The molecule has 0 saturated heterocycles. The summed E-state index contributed by atoms with van der Waals surface area (Å²) in [6.45, 7) is 0. The number of hydrogen-bond donors (Lipinski definition) is 2. The zero-order valence-corrected chi connectivity index (χ0v) is 18.0. The standard InChI is InChI=1S/C24H21FN2O6/c1-26-22(29)15-11-14-17(12-20(15)32-2)27-8-5-18(14)33-19-4-3-13(9-16(19)25)10-21(28)24(6-7-24)23(30)31/h3-5,8-9,11-12H,6-7,10H2,1-2H3,(H,26,29)(H,30,31). The molecule has 8 nitrogen and oxygen atoms in total. The lowest BCUT2D eigenvalue weighted by Crippen LogP contribution is -2.27. The molecule has 1 fully saturated rings. The smallest absolute Gasteiger partial charge is 0.317 e. The third-order valence-electron chi connectivity index (χ3n) is 5.77. The van der Waals surface area contributed by atoms with Crippen molar-refractivity contribution in [1.82, 2.24) is 10.3 Å². The number of fused-ring (bicyclic) bond motifs is 1. The summed E-state index contributed by atoms with van der Waals surface area (Å²) in [6, 6.07) is 8.76. The van der Waals surface area contributed by atoms with Gasteiger partial charge in [0.15, 0.2) is 17.3 Å². The molecular formula is C24H21FN2O6. The van der Waals surface area contributed by atoms with Gasteiger partial charge < -0.3 is 19.9 Å². The molecule has 0 radical (unpaired) electrons. The molecule has 1 aliphatic rings. The van der Waals surface area contributed by atoms with Crippen molar-refractivity contribution in [3.05, 3.63) is 59.5 Å². The summed E-state index contributed by atoms with van der Waals surface area (Å²) in [7, 11) is 2.94. The van der Waals surface area contributed by atoms with E-state index < -0.39 is 23.0 Å². The van der Waals surface area contributed by atoms with Crippen LogP contribution in [0.1, 0.15) is 28.8 Å². The molecule has 0 spiro atoms. The summed E-state index contributed by atoms with van der Waals surface area (Å²) >= 11 is 0. The molecule has 0 atom stereocenters. The van der Waals surface area contributed by atoms with Crippen LogP contribution in [0.5, 0.6) is 17.2 Å². The Kier molecular flexibility index (Phi) is 5.71. The van der Waals surface area contributed by atoms with Gasteiger partial charge >= 0.3 is 5.97 Å². The number of nitrogens with zero attached hydrogens (tertiary/aromatic N) is 1. The van der Waals surface area contributed by atoms with Gasteiger partial charge in [-0.25, -0.2) is 4.39 Å². The lowest BCUT2D eigenvalue weighted by molar-refractivity contribution is -0.148. The van der Waals surface area contributed by atoms with E-state index in [0.29, 0.717) is 35.1 Å². The molecule has 0 unspecified atom stereocenters. The number of benzene rings is 2. The van der Waals surface area contributed by atoms with Crippen LogP contribution in [-0.2, 0) is 16.0 Å². The van der Waals surface area contributed by atoms with Crippen LogP contribution in [0, 0.1) is 11.2 Å². The Balaban J connectivity index is 1.62. The van der Waals surface area contributed by atoms with Crippen LogP contribution in [0.4, 0.5) is 4.39 Å². The largest absolute Gasteiger partial charge is 0.496 e. The number of rotatable bonds is 8. The summed E-state index contributed by atoms with van der Waals surface area (Å²) in [4.78, 5) is 40.2. The van der Waals surface area contributed by atoms with Gasteiger partial charge in [0.05, 0.1) is 18.2 Å². The highest BCUT2D eigenvalue weighted by molar-refractivity contribution is 6.06. The minimum absolute atomic E-state index is 0.0876. The molecule has 4 rings (SSSR count). The number of halogens is 1. The third kappa shape index (κ3) is 4.09. The summed E-state index contributed by atoms with van der Waals surface area (Å²) in [5.74, 6) is -2.11. The first-order valence-corrected chi connectivity index (χ1v) is 10.2. The maximum absolute atomic E-state index is 14.8. The van der Waals surface area contributed by atoms with Crippen LogP contribution in [0.25, 0.3) is 10.9 Å². The van der Waals surface area contributed by atoms with Crippen LogP contribution in [0.2, 0.25) is 0 Å². The number of Topliss-reactive ketones (excluding diaryl/α,β-unsaturated/α-hetero) is 1. The quantitative estimate of drug-likeness (QED) is 0.503. The Bertz CT molecular complexity index is 1290. The molecule has 9 heteroatoms. The van der Waals surface area contributed by atoms with E-state index in [4.69, 9.17) is 9.47 Å². The number of amides is 1. The van der Waals surface area contributed by atoms with Gasteiger partial charge in [0.25, 0.3) is 5.91 Å². The number of hydrogen-bond acceptors (Lipinski definition) is 6. The monoisotopic (exact) mass is 452 g/mol. The molecule has 1 saturated carbocycles. The summed E-state index contributed by atoms with van der Waals surface area (Å²) in [5, 5.41) is 12.3. The lowest BCUT2D eigenvalue weighted by atomic mass is 9.95. The Morgan fingerprint density at radius 1 is 1.12 bits per heavy atom. The number of pyridine rings is 1. The number of carbonyl (C=O) groups is 3. The van der Waals surface area contributed by atoms with Crippen molar-refractivity contribution in [3.63, 3.8) is 0 Å². The molecule has 3 aromatic rings. The molecule has 1 aliphatic carbocycles. The van der Waals surface area contributed by atoms with E-state index in [0.717, 1.165) is 6.07 Å². The zero-order valence-electron chi connectivity index (χ0n) is 18.0. The number of carbonyl (C=O) groups excluding carboxylic acids is 2. The molecule has 170 valence electrons. The number of methoxy groups -OCH3 is 1. The van der Waals surface area contributed by atoms with Crippen molar-refractivity contribution in [2.24, 2.45) is 5.41 Å². The number of nitrogens with one attached hydrogen (secondary N) is 1. The van der Waals surface area contributed by atoms with E-state index in [-0.39, 0.29) is 29.4 Å². The van der Waals surface area contributed by atoms with Crippen LogP contribution in [0.15, 0.2) is 42.6 Å². The number of ether oxygens (including phenoxy) is 2. The minimum atomic E-state index is -1.33. The van der Waals surface area contributed by atoms with Crippen LogP contribution in [0.3, 0.4) is 0 Å². The molecule has 0 bridgehead atoms. The number of carboxylic acid groups (broad SMARTS) is 1. The van der Waals surface area contributed by atoms with Crippen molar-refractivity contribution in [1.29, 1.82) is 0 Å². The predicted molar refractivity (Wildman–Crippen MR) is 116 cm³/mol. The first kappa shape index (κ1) is 22.2. The van der Waals surface area contributed by atoms with E-state index in [1.54, 1.807) is 18.2 Å². The Labute approximate surface area is 188 Å². The number of aliphatic carboxylic acids is 1. The molecule has 2 N–H and O–H groups in total.